The van der Waals surface area contributed by atoms with Gasteiger partial charge < -0.3 is 10.2 Å². The molecule has 4 aromatic rings. The van der Waals surface area contributed by atoms with Gasteiger partial charge in [-0.1, -0.05) is 48.5 Å². The highest BCUT2D eigenvalue weighted by molar-refractivity contribution is 5.83. The predicted molar refractivity (Wildman–Crippen MR) is 105 cm³/mol. The normalized spacial score (nSPS) is 15.5. The standard InChI is InChI=1S/C22H18N4/c1-2-9-18(10-3-1)26-21-12-5-4-11-20(21)24-22(26)17-8-6-7-16(15-17)19-13-14-23-25-19/h1-15,22,24H,(H,23,25). The van der Waals surface area contributed by atoms with E-state index >= 15 is 0 Å². The van der Waals surface area contributed by atoms with Crippen molar-refractivity contribution in [1.82, 2.24) is 10.2 Å². The van der Waals surface area contributed by atoms with E-state index in [-0.39, 0.29) is 6.17 Å². The Bertz CT molecular complexity index is 1020. The van der Waals surface area contributed by atoms with Crippen molar-refractivity contribution in [3.63, 3.8) is 0 Å². The lowest BCUT2D eigenvalue weighted by atomic mass is 10.1. The molecule has 1 atom stereocenters. The zero-order valence-electron chi connectivity index (χ0n) is 14.1. The third-order valence-corrected chi connectivity index (χ3v) is 4.76. The highest BCUT2D eigenvalue weighted by atomic mass is 15.3. The number of hydrogen-bond donors (Lipinski definition) is 2. The largest absolute Gasteiger partial charge is 0.359 e. The van der Waals surface area contributed by atoms with Gasteiger partial charge in [0.2, 0.25) is 0 Å². The van der Waals surface area contributed by atoms with Gasteiger partial charge in [0.1, 0.15) is 6.17 Å². The number of aromatic nitrogens is 2. The first-order valence-electron chi connectivity index (χ1n) is 8.70. The summed E-state index contributed by atoms with van der Waals surface area (Å²) in [4.78, 5) is 2.35. The lowest BCUT2D eigenvalue weighted by Crippen LogP contribution is -2.23. The fourth-order valence-corrected chi connectivity index (χ4v) is 3.56. The lowest BCUT2D eigenvalue weighted by molar-refractivity contribution is 0.828. The Kier molecular flexibility index (Phi) is 3.46. The van der Waals surface area contributed by atoms with E-state index in [4.69, 9.17) is 0 Å². The van der Waals surface area contributed by atoms with Crippen LogP contribution in [0, 0.1) is 0 Å². The summed E-state index contributed by atoms with van der Waals surface area (Å²) < 4.78 is 0. The number of nitrogens with zero attached hydrogens (tertiary/aromatic N) is 2. The van der Waals surface area contributed by atoms with Crippen molar-refractivity contribution in [3.8, 4) is 11.3 Å². The van der Waals surface area contributed by atoms with Gasteiger partial charge in [-0.05, 0) is 47.5 Å². The Morgan fingerprint density at radius 1 is 0.808 bits per heavy atom. The third kappa shape index (κ3) is 2.43. The first-order chi connectivity index (χ1) is 12.9. The van der Waals surface area contributed by atoms with Crippen molar-refractivity contribution >= 4 is 17.1 Å². The molecule has 0 radical (unpaired) electrons. The first kappa shape index (κ1) is 14.8. The number of para-hydroxylation sites is 3. The molecule has 4 heteroatoms. The van der Waals surface area contributed by atoms with E-state index in [2.05, 4.69) is 93.2 Å². The Labute approximate surface area is 152 Å². The number of anilines is 3. The summed E-state index contributed by atoms with van der Waals surface area (Å²) in [6.45, 7) is 0. The van der Waals surface area contributed by atoms with E-state index in [1.807, 2.05) is 12.1 Å². The topological polar surface area (TPSA) is 44.0 Å². The smallest absolute Gasteiger partial charge is 0.130 e. The lowest BCUT2D eigenvalue weighted by Gasteiger charge is -2.27. The molecule has 0 spiro atoms. The van der Waals surface area contributed by atoms with Crippen molar-refractivity contribution in [1.29, 1.82) is 0 Å². The van der Waals surface area contributed by atoms with E-state index in [9.17, 15) is 0 Å². The fourth-order valence-electron chi connectivity index (χ4n) is 3.56. The van der Waals surface area contributed by atoms with Crippen molar-refractivity contribution in [2.75, 3.05) is 10.2 Å². The van der Waals surface area contributed by atoms with Gasteiger partial charge in [0, 0.05) is 11.9 Å². The number of hydrogen-bond acceptors (Lipinski definition) is 3. The molecule has 126 valence electrons. The van der Waals surface area contributed by atoms with E-state index in [1.165, 1.54) is 16.9 Å². The second-order valence-corrected chi connectivity index (χ2v) is 6.37. The minimum atomic E-state index is 0.0395. The maximum atomic E-state index is 4.07. The average molecular weight is 338 g/mol. The minimum Gasteiger partial charge on any atom is -0.359 e. The van der Waals surface area contributed by atoms with Gasteiger partial charge >= 0.3 is 0 Å². The zero-order chi connectivity index (χ0) is 17.3. The van der Waals surface area contributed by atoms with Gasteiger partial charge in [-0.25, -0.2) is 0 Å². The predicted octanol–water partition coefficient (Wildman–Crippen LogP) is 5.34. The van der Waals surface area contributed by atoms with Crippen LogP contribution in [0.15, 0.2) is 91.1 Å². The molecule has 2 heterocycles. The Morgan fingerprint density at radius 2 is 1.65 bits per heavy atom. The molecule has 0 saturated carbocycles. The molecule has 0 saturated heterocycles. The molecule has 4 nitrogen and oxygen atoms in total. The van der Waals surface area contributed by atoms with Crippen LogP contribution < -0.4 is 10.2 Å². The van der Waals surface area contributed by atoms with Crippen molar-refractivity contribution in [3.05, 3.63) is 96.7 Å². The van der Waals surface area contributed by atoms with Gasteiger partial charge in [-0.3, -0.25) is 5.10 Å². The first-order valence-corrected chi connectivity index (χ1v) is 8.70. The van der Waals surface area contributed by atoms with Crippen LogP contribution in [0.25, 0.3) is 11.3 Å². The molecular formula is C22H18N4. The van der Waals surface area contributed by atoms with Gasteiger partial charge in [0.15, 0.2) is 0 Å². The summed E-state index contributed by atoms with van der Waals surface area (Å²) >= 11 is 0. The average Bonchev–Trinajstić information content (AvgIpc) is 3.37. The summed E-state index contributed by atoms with van der Waals surface area (Å²) in [6, 6.07) is 29.5. The number of nitrogens with one attached hydrogen (secondary N) is 2. The number of aromatic amines is 1. The van der Waals surface area contributed by atoms with E-state index < -0.39 is 0 Å². The molecule has 5 rings (SSSR count). The monoisotopic (exact) mass is 338 g/mol. The second-order valence-electron chi connectivity index (χ2n) is 6.37. The molecule has 2 N–H and O–H groups in total. The van der Waals surface area contributed by atoms with Crippen molar-refractivity contribution in [2.24, 2.45) is 0 Å². The molecule has 3 aromatic carbocycles. The molecule has 1 aliphatic heterocycles. The quantitative estimate of drug-likeness (QED) is 0.530. The molecule has 26 heavy (non-hydrogen) atoms. The fraction of sp³-hybridized carbons (Fsp3) is 0.0455. The summed E-state index contributed by atoms with van der Waals surface area (Å²) in [6.07, 6.45) is 1.82. The van der Waals surface area contributed by atoms with Crippen molar-refractivity contribution < 1.29 is 0 Å². The highest BCUT2D eigenvalue weighted by Crippen LogP contribution is 2.45. The Hall–Kier alpha value is -3.53. The molecular weight excluding hydrogens is 320 g/mol. The second kappa shape index (κ2) is 6.08. The minimum absolute atomic E-state index is 0.0395. The van der Waals surface area contributed by atoms with E-state index in [0.717, 1.165) is 16.9 Å². The SMILES string of the molecule is c1ccc(N2c3ccccc3NC2c2cccc(-c3ccn[nH]3)c2)cc1. The zero-order valence-corrected chi connectivity index (χ0v) is 14.1. The Morgan fingerprint density at radius 3 is 2.50 bits per heavy atom. The van der Waals surface area contributed by atoms with Crippen LogP contribution in [0.2, 0.25) is 0 Å². The van der Waals surface area contributed by atoms with Crippen LogP contribution >= 0.6 is 0 Å². The van der Waals surface area contributed by atoms with E-state index in [1.54, 1.807) is 6.20 Å². The van der Waals surface area contributed by atoms with E-state index in [0.29, 0.717) is 0 Å². The summed E-state index contributed by atoms with van der Waals surface area (Å²) in [5.41, 5.74) is 6.86. The third-order valence-electron chi connectivity index (χ3n) is 4.76. The molecule has 1 aliphatic rings. The molecule has 0 aliphatic carbocycles. The van der Waals surface area contributed by atoms with Crippen LogP contribution in [0.5, 0.6) is 0 Å². The number of fused-ring (bicyclic) bond motifs is 1. The molecule has 1 unspecified atom stereocenters. The Balaban J connectivity index is 1.61. The molecule has 1 aromatic heterocycles. The molecule has 0 fully saturated rings. The van der Waals surface area contributed by atoms with Gasteiger partial charge in [0.05, 0.1) is 17.1 Å². The maximum absolute atomic E-state index is 4.07. The number of benzene rings is 3. The molecule has 0 bridgehead atoms. The van der Waals surface area contributed by atoms with Crippen LogP contribution in [-0.2, 0) is 0 Å². The van der Waals surface area contributed by atoms with Gasteiger partial charge in [-0.15, -0.1) is 0 Å². The van der Waals surface area contributed by atoms with Crippen LogP contribution in [0.3, 0.4) is 0 Å². The number of rotatable bonds is 3. The number of H-pyrrole nitrogens is 1. The summed E-state index contributed by atoms with van der Waals surface area (Å²) in [7, 11) is 0. The highest BCUT2D eigenvalue weighted by Gasteiger charge is 2.30. The van der Waals surface area contributed by atoms with Crippen LogP contribution in [0.4, 0.5) is 17.1 Å². The van der Waals surface area contributed by atoms with Crippen molar-refractivity contribution in [2.45, 2.75) is 6.17 Å². The summed E-state index contributed by atoms with van der Waals surface area (Å²) in [5.74, 6) is 0. The maximum Gasteiger partial charge on any atom is 0.130 e. The van der Waals surface area contributed by atoms with Gasteiger partial charge in [-0.2, -0.15) is 5.10 Å². The van der Waals surface area contributed by atoms with Crippen LogP contribution in [0.1, 0.15) is 11.7 Å². The van der Waals surface area contributed by atoms with Gasteiger partial charge in [0.25, 0.3) is 0 Å². The van der Waals surface area contributed by atoms with Crippen LogP contribution in [-0.4, -0.2) is 10.2 Å². The summed E-state index contributed by atoms with van der Waals surface area (Å²) in [5, 5.41) is 10.8. The molecule has 0 amide bonds.